The number of nitrogens with one attached hydrogen (secondary N) is 1. The van der Waals surface area contributed by atoms with Crippen molar-refractivity contribution in [2.75, 3.05) is 18.0 Å². The smallest absolute Gasteiger partial charge is 0.0689 e. The minimum atomic E-state index is 0.196. The van der Waals surface area contributed by atoms with E-state index in [0.717, 1.165) is 19.4 Å². The topological polar surface area (TPSA) is 15.3 Å². The first-order valence-corrected chi connectivity index (χ1v) is 7.87. The molecule has 1 N–H and O–H groups in total. The summed E-state index contributed by atoms with van der Waals surface area (Å²) in [5, 5.41) is 3.44. The number of hydrogen-bond acceptors (Lipinski definition) is 2. The predicted molar refractivity (Wildman–Crippen MR) is 86.9 cm³/mol. The highest BCUT2D eigenvalue weighted by Crippen LogP contribution is 2.20. The largest absolute Gasteiger partial charge is 0.372 e. The van der Waals surface area contributed by atoms with E-state index in [1.54, 1.807) is 0 Å². The van der Waals surface area contributed by atoms with Gasteiger partial charge in [0.1, 0.15) is 0 Å². The molecule has 20 heavy (non-hydrogen) atoms. The van der Waals surface area contributed by atoms with E-state index in [-0.39, 0.29) is 6.04 Å². The van der Waals surface area contributed by atoms with Gasteiger partial charge in [-0.3, -0.25) is 5.32 Å². The maximum Gasteiger partial charge on any atom is 0.0689 e. The molecule has 1 fully saturated rings. The van der Waals surface area contributed by atoms with Gasteiger partial charge in [0.15, 0.2) is 0 Å². The van der Waals surface area contributed by atoms with Gasteiger partial charge in [0.25, 0.3) is 0 Å². The molecule has 1 atom stereocenters. The summed E-state index contributed by atoms with van der Waals surface area (Å²) in [4.78, 5) is 2.49. The first-order chi connectivity index (χ1) is 9.83. The van der Waals surface area contributed by atoms with E-state index >= 15 is 0 Å². The molecular formula is C18H26N2. The summed E-state index contributed by atoms with van der Waals surface area (Å²) in [5.41, 5.74) is 2.66. The second-order valence-electron chi connectivity index (χ2n) is 5.60. The van der Waals surface area contributed by atoms with Gasteiger partial charge in [-0.2, -0.15) is 0 Å². The maximum atomic E-state index is 5.53. The van der Waals surface area contributed by atoms with Gasteiger partial charge in [-0.05, 0) is 43.4 Å². The average molecular weight is 270 g/mol. The lowest BCUT2D eigenvalue weighted by Crippen LogP contribution is -2.29. The Hall–Kier alpha value is -1.46. The summed E-state index contributed by atoms with van der Waals surface area (Å²) in [7, 11) is 0. The number of benzene rings is 1. The zero-order chi connectivity index (χ0) is 14.2. The number of nitrogens with zero attached hydrogens (tertiary/aromatic N) is 1. The second-order valence-corrected chi connectivity index (χ2v) is 5.60. The fourth-order valence-electron chi connectivity index (χ4n) is 2.75. The van der Waals surface area contributed by atoms with Gasteiger partial charge >= 0.3 is 0 Å². The number of piperidine rings is 1. The van der Waals surface area contributed by atoms with E-state index < -0.39 is 0 Å². The molecule has 0 amide bonds. The summed E-state index contributed by atoms with van der Waals surface area (Å²) in [6.45, 7) is 5.43. The molecule has 1 heterocycles. The van der Waals surface area contributed by atoms with E-state index in [4.69, 9.17) is 6.42 Å². The van der Waals surface area contributed by atoms with Crippen LogP contribution in [0.1, 0.15) is 44.6 Å². The van der Waals surface area contributed by atoms with Gasteiger partial charge in [0.2, 0.25) is 0 Å². The van der Waals surface area contributed by atoms with E-state index in [2.05, 4.69) is 47.3 Å². The molecule has 0 aliphatic carbocycles. The van der Waals surface area contributed by atoms with Crippen molar-refractivity contribution in [1.82, 2.24) is 5.32 Å². The Bertz CT molecular complexity index is 424. The van der Waals surface area contributed by atoms with Crippen LogP contribution in [-0.4, -0.2) is 19.1 Å². The van der Waals surface area contributed by atoms with Crippen molar-refractivity contribution in [1.29, 1.82) is 0 Å². The molecule has 1 aromatic rings. The van der Waals surface area contributed by atoms with Crippen molar-refractivity contribution in [3.05, 3.63) is 29.8 Å². The summed E-state index contributed by atoms with van der Waals surface area (Å²) in [5.74, 6) is 2.82. The van der Waals surface area contributed by atoms with Gasteiger partial charge in [0.05, 0.1) is 6.04 Å². The van der Waals surface area contributed by atoms with Gasteiger partial charge in [0, 0.05) is 25.3 Å². The maximum absolute atomic E-state index is 5.53. The molecule has 0 bridgehead atoms. The molecular weight excluding hydrogens is 244 g/mol. The number of anilines is 1. The van der Waals surface area contributed by atoms with Crippen LogP contribution in [-0.2, 0) is 6.54 Å². The van der Waals surface area contributed by atoms with E-state index in [1.165, 1.54) is 43.6 Å². The third-order valence-electron chi connectivity index (χ3n) is 3.99. The number of rotatable bonds is 6. The minimum absolute atomic E-state index is 0.196. The monoisotopic (exact) mass is 270 g/mol. The SMILES string of the molecule is C#CC(CCC)NCc1ccc(N2CCCCC2)cc1. The average Bonchev–Trinajstić information content (AvgIpc) is 2.53. The van der Waals surface area contributed by atoms with Crippen LogP contribution < -0.4 is 10.2 Å². The minimum Gasteiger partial charge on any atom is -0.372 e. The Kier molecular flexibility index (Phi) is 5.95. The molecule has 108 valence electrons. The third-order valence-corrected chi connectivity index (χ3v) is 3.99. The quantitative estimate of drug-likeness (QED) is 0.795. The van der Waals surface area contributed by atoms with Crippen LogP contribution in [0.3, 0.4) is 0 Å². The Morgan fingerprint density at radius 3 is 2.50 bits per heavy atom. The zero-order valence-electron chi connectivity index (χ0n) is 12.6. The fraction of sp³-hybridized carbons (Fsp3) is 0.556. The third kappa shape index (κ3) is 4.28. The van der Waals surface area contributed by atoms with Crippen molar-refractivity contribution in [2.24, 2.45) is 0 Å². The lowest BCUT2D eigenvalue weighted by Gasteiger charge is -2.28. The van der Waals surface area contributed by atoms with Gasteiger partial charge in [-0.25, -0.2) is 0 Å². The molecule has 1 aliphatic heterocycles. The predicted octanol–water partition coefficient (Wildman–Crippen LogP) is 3.57. The van der Waals surface area contributed by atoms with E-state index in [1.807, 2.05) is 0 Å². The molecule has 0 spiro atoms. The molecule has 1 saturated heterocycles. The highest BCUT2D eigenvalue weighted by molar-refractivity contribution is 5.47. The molecule has 0 saturated carbocycles. The van der Waals surface area contributed by atoms with E-state index in [0.29, 0.717) is 0 Å². The Morgan fingerprint density at radius 2 is 1.90 bits per heavy atom. The first-order valence-electron chi connectivity index (χ1n) is 7.87. The summed E-state index contributed by atoms with van der Waals surface area (Å²) in [6.07, 6.45) is 11.7. The summed E-state index contributed by atoms with van der Waals surface area (Å²) in [6, 6.07) is 9.12. The summed E-state index contributed by atoms with van der Waals surface area (Å²) >= 11 is 0. The van der Waals surface area contributed by atoms with Crippen molar-refractivity contribution in [3.63, 3.8) is 0 Å². The van der Waals surface area contributed by atoms with Crippen LogP contribution >= 0.6 is 0 Å². The van der Waals surface area contributed by atoms with Crippen molar-refractivity contribution in [3.8, 4) is 12.3 Å². The Labute approximate surface area is 123 Å². The molecule has 1 aromatic carbocycles. The molecule has 2 rings (SSSR count). The summed E-state index contributed by atoms with van der Waals surface area (Å²) < 4.78 is 0. The second kappa shape index (κ2) is 7.97. The molecule has 2 heteroatoms. The van der Waals surface area contributed by atoms with Gasteiger partial charge < -0.3 is 4.90 Å². The van der Waals surface area contributed by atoms with Crippen LogP contribution in [0.2, 0.25) is 0 Å². The van der Waals surface area contributed by atoms with Crippen LogP contribution in [0, 0.1) is 12.3 Å². The van der Waals surface area contributed by atoms with Crippen molar-refractivity contribution < 1.29 is 0 Å². The zero-order valence-corrected chi connectivity index (χ0v) is 12.6. The Morgan fingerprint density at radius 1 is 1.20 bits per heavy atom. The molecule has 0 aromatic heterocycles. The highest BCUT2D eigenvalue weighted by atomic mass is 15.1. The first kappa shape index (κ1) is 14.9. The molecule has 0 radical (unpaired) electrons. The van der Waals surface area contributed by atoms with Crippen LogP contribution in [0.5, 0.6) is 0 Å². The number of terminal acetylenes is 1. The molecule has 1 aliphatic rings. The van der Waals surface area contributed by atoms with Crippen LogP contribution in [0.4, 0.5) is 5.69 Å². The Balaban J connectivity index is 1.86. The van der Waals surface area contributed by atoms with Gasteiger partial charge in [-0.15, -0.1) is 6.42 Å². The fourth-order valence-corrected chi connectivity index (χ4v) is 2.75. The normalized spacial score (nSPS) is 16.7. The highest BCUT2D eigenvalue weighted by Gasteiger charge is 2.10. The lowest BCUT2D eigenvalue weighted by molar-refractivity contribution is 0.562. The van der Waals surface area contributed by atoms with E-state index in [9.17, 15) is 0 Å². The molecule has 2 nitrogen and oxygen atoms in total. The lowest BCUT2D eigenvalue weighted by atomic mass is 10.1. The van der Waals surface area contributed by atoms with Crippen LogP contribution in [0.25, 0.3) is 0 Å². The van der Waals surface area contributed by atoms with Crippen LogP contribution in [0.15, 0.2) is 24.3 Å². The van der Waals surface area contributed by atoms with Gasteiger partial charge in [-0.1, -0.05) is 31.4 Å². The van der Waals surface area contributed by atoms with Crippen molar-refractivity contribution in [2.45, 2.75) is 51.6 Å². The molecule has 1 unspecified atom stereocenters. The standard InChI is InChI=1S/C18H26N2/c1-3-8-17(4-2)19-15-16-9-11-18(12-10-16)20-13-6-5-7-14-20/h2,9-12,17,19H,3,5-8,13-15H2,1H3. The van der Waals surface area contributed by atoms with Crippen molar-refractivity contribution >= 4 is 5.69 Å². The number of hydrogen-bond donors (Lipinski definition) is 1.